The molecule has 1 unspecified atom stereocenters. The average molecular weight is 252 g/mol. The number of fused-ring (bicyclic) bond motifs is 1. The second kappa shape index (κ2) is 4.53. The number of aromatic nitrogens is 5. The summed E-state index contributed by atoms with van der Waals surface area (Å²) in [7, 11) is 0. The van der Waals surface area contributed by atoms with Crippen LogP contribution in [0.2, 0.25) is 0 Å². The van der Waals surface area contributed by atoms with Gasteiger partial charge in [-0.05, 0) is 18.1 Å². The Morgan fingerprint density at radius 2 is 2.37 bits per heavy atom. The Labute approximate surface area is 109 Å². The highest BCUT2D eigenvalue weighted by molar-refractivity contribution is 5.91. The first-order valence-electron chi connectivity index (χ1n) is 6.05. The molecule has 3 aromatic rings. The molecule has 0 bridgehead atoms. The van der Waals surface area contributed by atoms with Crippen LogP contribution in [0.1, 0.15) is 19.4 Å². The number of nitriles is 1. The van der Waals surface area contributed by atoms with Crippen LogP contribution in [0.3, 0.4) is 0 Å². The first-order valence-corrected chi connectivity index (χ1v) is 6.05. The van der Waals surface area contributed by atoms with Crippen LogP contribution < -0.4 is 0 Å². The standard InChI is InChI=1S/C13H12N6/c1-2-10(5-14)19-8-9(6-17-19)11-3-4-15-13-12(11)7-16-18-13/h3-4,6-8,10H,2H2,1H3,(H,15,16,18). The largest absolute Gasteiger partial charge is 0.261 e. The highest BCUT2D eigenvalue weighted by Gasteiger charge is 2.12. The van der Waals surface area contributed by atoms with Crippen molar-refractivity contribution in [3.05, 3.63) is 30.9 Å². The second-order valence-electron chi connectivity index (χ2n) is 4.25. The Bertz CT molecular complexity index is 748. The van der Waals surface area contributed by atoms with Crippen LogP contribution in [0.15, 0.2) is 30.9 Å². The fourth-order valence-corrected chi connectivity index (χ4v) is 2.09. The van der Waals surface area contributed by atoms with Crippen LogP contribution in [-0.4, -0.2) is 25.0 Å². The smallest absolute Gasteiger partial charge is 0.155 e. The summed E-state index contributed by atoms with van der Waals surface area (Å²) in [6.45, 7) is 1.97. The Hall–Kier alpha value is -2.68. The lowest BCUT2D eigenvalue weighted by molar-refractivity contribution is 0.534. The monoisotopic (exact) mass is 252 g/mol. The summed E-state index contributed by atoms with van der Waals surface area (Å²) >= 11 is 0. The lowest BCUT2D eigenvalue weighted by atomic mass is 10.1. The fraction of sp³-hybridized carbons (Fsp3) is 0.231. The number of H-pyrrole nitrogens is 1. The van der Waals surface area contributed by atoms with Gasteiger partial charge in [0.05, 0.1) is 18.5 Å². The zero-order valence-electron chi connectivity index (χ0n) is 10.4. The Kier molecular flexibility index (Phi) is 2.72. The summed E-state index contributed by atoms with van der Waals surface area (Å²) in [6.07, 6.45) is 7.86. The summed E-state index contributed by atoms with van der Waals surface area (Å²) in [5, 5.41) is 21.1. The predicted molar refractivity (Wildman–Crippen MR) is 70.1 cm³/mol. The van der Waals surface area contributed by atoms with E-state index in [0.717, 1.165) is 28.6 Å². The van der Waals surface area contributed by atoms with Crippen molar-refractivity contribution < 1.29 is 0 Å². The van der Waals surface area contributed by atoms with Gasteiger partial charge in [-0.15, -0.1) is 0 Å². The fourth-order valence-electron chi connectivity index (χ4n) is 2.09. The topological polar surface area (TPSA) is 83.2 Å². The molecule has 0 aliphatic rings. The van der Waals surface area contributed by atoms with Crippen LogP contribution in [0.5, 0.6) is 0 Å². The minimum atomic E-state index is -0.226. The van der Waals surface area contributed by atoms with E-state index in [1.165, 1.54) is 0 Å². The first-order chi connectivity index (χ1) is 9.33. The van der Waals surface area contributed by atoms with Crippen molar-refractivity contribution in [2.45, 2.75) is 19.4 Å². The van der Waals surface area contributed by atoms with E-state index in [1.807, 2.05) is 19.2 Å². The number of nitrogens with one attached hydrogen (secondary N) is 1. The molecule has 0 aliphatic carbocycles. The predicted octanol–water partition coefficient (Wildman–Crippen LogP) is 2.30. The Morgan fingerprint density at radius 1 is 1.47 bits per heavy atom. The number of hydrogen-bond acceptors (Lipinski definition) is 4. The van der Waals surface area contributed by atoms with E-state index < -0.39 is 0 Å². The molecular weight excluding hydrogens is 240 g/mol. The molecule has 0 fully saturated rings. The molecule has 0 radical (unpaired) electrons. The molecule has 0 saturated carbocycles. The van der Waals surface area contributed by atoms with Crippen molar-refractivity contribution in [3.8, 4) is 17.2 Å². The van der Waals surface area contributed by atoms with E-state index in [-0.39, 0.29) is 6.04 Å². The molecular formula is C13H12N6. The van der Waals surface area contributed by atoms with E-state index in [9.17, 15) is 0 Å². The number of pyridine rings is 1. The van der Waals surface area contributed by atoms with Crippen LogP contribution >= 0.6 is 0 Å². The highest BCUT2D eigenvalue weighted by Crippen LogP contribution is 2.26. The first kappa shape index (κ1) is 11.4. The Morgan fingerprint density at radius 3 is 3.16 bits per heavy atom. The van der Waals surface area contributed by atoms with Gasteiger partial charge in [-0.2, -0.15) is 15.5 Å². The minimum absolute atomic E-state index is 0.226. The van der Waals surface area contributed by atoms with Crippen molar-refractivity contribution in [1.29, 1.82) is 5.26 Å². The minimum Gasteiger partial charge on any atom is -0.261 e. The summed E-state index contributed by atoms with van der Waals surface area (Å²) in [5.74, 6) is 0. The van der Waals surface area contributed by atoms with Gasteiger partial charge in [0, 0.05) is 23.3 Å². The second-order valence-corrected chi connectivity index (χ2v) is 4.25. The van der Waals surface area contributed by atoms with Crippen molar-refractivity contribution in [2.24, 2.45) is 0 Å². The molecule has 3 rings (SSSR count). The Balaban J connectivity index is 2.08. The highest BCUT2D eigenvalue weighted by atomic mass is 15.3. The molecule has 0 spiro atoms. The zero-order chi connectivity index (χ0) is 13.2. The van der Waals surface area contributed by atoms with E-state index in [4.69, 9.17) is 5.26 Å². The van der Waals surface area contributed by atoms with E-state index in [0.29, 0.717) is 0 Å². The maximum atomic E-state index is 9.06. The lowest BCUT2D eigenvalue weighted by Gasteiger charge is -2.05. The van der Waals surface area contributed by atoms with Crippen molar-refractivity contribution in [3.63, 3.8) is 0 Å². The molecule has 0 saturated heterocycles. The molecule has 0 aliphatic heterocycles. The summed E-state index contributed by atoms with van der Waals surface area (Å²) < 4.78 is 1.70. The molecule has 0 aromatic carbocycles. The van der Waals surface area contributed by atoms with Crippen LogP contribution in [0, 0.1) is 11.3 Å². The van der Waals surface area contributed by atoms with E-state index >= 15 is 0 Å². The number of rotatable bonds is 3. The number of aromatic amines is 1. The molecule has 0 amide bonds. The van der Waals surface area contributed by atoms with Crippen molar-refractivity contribution >= 4 is 11.0 Å². The quantitative estimate of drug-likeness (QED) is 0.775. The van der Waals surface area contributed by atoms with Gasteiger partial charge in [0.1, 0.15) is 6.04 Å². The van der Waals surface area contributed by atoms with Gasteiger partial charge in [0.15, 0.2) is 5.65 Å². The molecule has 19 heavy (non-hydrogen) atoms. The van der Waals surface area contributed by atoms with E-state index in [2.05, 4.69) is 26.3 Å². The lowest BCUT2D eigenvalue weighted by Crippen LogP contribution is -2.05. The van der Waals surface area contributed by atoms with Gasteiger partial charge in [-0.1, -0.05) is 6.92 Å². The van der Waals surface area contributed by atoms with Crippen LogP contribution in [-0.2, 0) is 0 Å². The third-order valence-corrected chi connectivity index (χ3v) is 3.12. The molecule has 1 atom stereocenters. The van der Waals surface area contributed by atoms with E-state index in [1.54, 1.807) is 23.3 Å². The maximum absolute atomic E-state index is 9.06. The normalized spacial score (nSPS) is 12.4. The summed E-state index contributed by atoms with van der Waals surface area (Å²) in [6, 6.07) is 3.93. The maximum Gasteiger partial charge on any atom is 0.155 e. The third-order valence-electron chi connectivity index (χ3n) is 3.12. The van der Waals surface area contributed by atoms with Crippen LogP contribution in [0.25, 0.3) is 22.2 Å². The zero-order valence-corrected chi connectivity index (χ0v) is 10.4. The van der Waals surface area contributed by atoms with Gasteiger partial charge in [0.2, 0.25) is 0 Å². The molecule has 6 heteroatoms. The van der Waals surface area contributed by atoms with Gasteiger partial charge in [0.25, 0.3) is 0 Å². The van der Waals surface area contributed by atoms with Gasteiger partial charge in [-0.3, -0.25) is 9.78 Å². The number of hydrogen-bond donors (Lipinski definition) is 1. The summed E-state index contributed by atoms with van der Waals surface area (Å²) in [4.78, 5) is 4.20. The SMILES string of the molecule is CCC(C#N)n1cc(-c2ccnc3[nH]ncc23)cn1. The molecule has 6 nitrogen and oxygen atoms in total. The molecule has 3 aromatic heterocycles. The summed E-state index contributed by atoms with van der Waals surface area (Å²) in [5.41, 5.74) is 2.72. The third kappa shape index (κ3) is 1.85. The average Bonchev–Trinajstić information content (AvgIpc) is 3.08. The molecule has 94 valence electrons. The molecule has 1 N–H and O–H groups in total. The van der Waals surface area contributed by atoms with Crippen molar-refractivity contribution in [1.82, 2.24) is 25.0 Å². The number of nitrogens with zero attached hydrogens (tertiary/aromatic N) is 5. The van der Waals surface area contributed by atoms with Crippen molar-refractivity contribution in [2.75, 3.05) is 0 Å². The van der Waals surface area contributed by atoms with Gasteiger partial charge in [-0.25, -0.2) is 4.98 Å². The van der Waals surface area contributed by atoms with Gasteiger partial charge < -0.3 is 0 Å². The molecule has 3 heterocycles. The van der Waals surface area contributed by atoms with Gasteiger partial charge >= 0.3 is 0 Å². The van der Waals surface area contributed by atoms with Crippen LogP contribution in [0.4, 0.5) is 0 Å².